The van der Waals surface area contributed by atoms with Crippen molar-refractivity contribution in [1.82, 2.24) is 14.6 Å². The summed E-state index contributed by atoms with van der Waals surface area (Å²) in [4.78, 5) is 27.4. The van der Waals surface area contributed by atoms with Crippen LogP contribution in [0.1, 0.15) is 0 Å². The number of ether oxygens (including phenoxy) is 1. The van der Waals surface area contributed by atoms with Gasteiger partial charge in [-0.2, -0.15) is 4.98 Å². The molecule has 0 bridgehead atoms. The number of carbonyl (C=O) groups is 1. The summed E-state index contributed by atoms with van der Waals surface area (Å²) in [7, 11) is 0. The van der Waals surface area contributed by atoms with Gasteiger partial charge in [0.05, 0.1) is 15.6 Å². The second-order valence-electron chi connectivity index (χ2n) is 5.94. The Balaban J connectivity index is 1.50. The average molecular weight is 464 g/mol. The maximum Gasteiger partial charge on any atom is 0.310 e. The molecule has 1 amide bonds. The number of nitro groups is 1. The molecular formula is C18H11Cl2N5O4S. The Labute approximate surface area is 183 Å². The molecule has 152 valence electrons. The molecule has 0 saturated carbocycles. The van der Waals surface area contributed by atoms with Crippen molar-refractivity contribution in [3.05, 3.63) is 68.0 Å². The zero-order chi connectivity index (χ0) is 21.3. The number of halogens is 2. The second-order valence-corrected chi connectivity index (χ2v) is 7.62. The van der Waals surface area contributed by atoms with E-state index < -0.39 is 17.4 Å². The Morgan fingerprint density at radius 2 is 2.07 bits per heavy atom. The van der Waals surface area contributed by atoms with E-state index in [-0.39, 0.29) is 17.4 Å². The first-order valence-corrected chi connectivity index (χ1v) is 10.0. The normalized spacial score (nSPS) is 10.9. The van der Waals surface area contributed by atoms with E-state index in [1.807, 2.05) is 5.38 Å². The largest absolute Gasteiger partial charge is 0.477 e. The number of para-hydroxylation sites is 2. The molecule has 0 unspecified atom stereocenters. The summed E-state index contributed by atoms with van der Waals surface area (Å²) in [5.41, 5.74) is 1.12. The third-order valence-corrected chi connectivity index (χ3v) is 5.34. The van der Waals surface area contributed by atoms with Crippen LogP contribution >= 0.6 is 34.5 Å². The Bertz CT molecular complexity index is 1270. The molecule has 1 N–H and O–H groups in total. The molecule has 0 aliphatic rings. The molecule has 4 aromatic rings. The second kappa shape index (κ2) is 8.27. The van der Waals surface area contributed by atoms with Crippen LogP contribution in [0.25, 0.3) is 16.2 Å². The van der Waals surface area contributed by atoms with E-state index >= 15 is 0 Å². The van der Waals surface area contributed by atoms with Gasteiger partial charge in [0.2, 0.25) is 4.96 Å². The first-order chi connectivity index (χ1) is 14.4. The van der Waals surface area contributed by atoms with Crippen molar-refractivity contribution >= 4 is 57.0 Å². The lowest BCUT2D eigenvalue weighted by Gasteiger charge is -2.06. The summed E-state index contributed by atoms with van der Waals surface area (Å²) in [6.07, 6.45) is 0. The van der Waals surface area contributed by atoms with E-state index in [1.165, 1.54) is 29.5 Å². The van der Waals surface area contributed by atoms with Gasteiger partial charge in [-0.3, -0.25) is 20.2 Å². The molecule has 9 nitrogen and oxygen atoms in total. The summed E-state index contributed by atoms with van der Waals surface area (Å²) in [6, 6.07) is 10.9. The maximum absolute atomic E-state index is 12.2. The summed E-state index contributed by atoms with van der Waals surface area (Å²) in [5, 5.41) is 20.6. The number of anilines is 1. The fourth-order valence-electron chi connectivity index (χ4n) is 2.65. The fraction of sp³-hybridized carbons (Fsp3) is 0.0556. The minimum atomic E-state index is -0.583. The van der Waals surface area contributed by atoms with Gasteiger partial charge in [0.25, 0.3) is 11.9 Å². The summed E-state index contributed by atoms with van der Waals surface area (Å²) < 4.78 is 6.81. The van der Waals surface area contributed by atoms with E-state index in [4.69, 9.17) is 27.9 Å². The highest BCUT2D eigenvalue weighted by Crippen LogP contribution is 2.33. The third-order valence-electron chi connectivity index (χ3n) is 3.96. The fourth-order valence-corrected chi connectivity index (χ4v) is 3.86. The number of carbonyl (C=O) groups excluding carboxylic acids is 1. The molecule has 2 aromatic carbocycles. The monoisotopic (exact) mass is 463 g/mol. The van der Waals surface area contributed by atoms with Crippen molar-refractivity contribution in [1.29, 1.82) is 0 Å². The zero-order valence-electron chi connectivity index (χ0n) is 14.9. The van der Waals surface area contributed by atoms with Gasteiger partial charge >= 0.3 is 5.69 Å². The van der Waals surface area contributed by atoms with E-state index in [2.05, 4.69) is 15.4 Å². The van der Waals surface area contributed by atoms with Crippen LogP contribution in [0.2, 0.25) is 10.0 Å². The van der Waals surface area contributed by atoms with Crippen LogP contribution in [0, 0.1) is 10.1 Å². The lowest BCUT2D eigenvalue weighted by Crippen LogP contribution is -2.21. The summed E-state index contributed by atoms with van der Waals surface area (Å²) >= 11 is 13.6. The number of nitrogens with zero attached hydrogens (tertiary/aromatic N) is 4. The van der Waals surface area contributed by atoms with Gasteiger partial charge in [-0.05, 0) is 24.3 Å². The third kappa shape index (κ3) is 4.06. The molecule has 2 aromatic heterocycles. The predicted molar refractivity (Wildman–Crippen MR) is 114 cm³/mol. The van der Waals surface area contributed by atoms with E-state index in [9.17, 15) is 14.9 Å². The summed E-state index contributed by atoms with van der Waals surface area (Å²) in [6.45, 7) is -0.440. The number of aromatic nitrogens is 3. The van der Waals surface area contributed by atoms with Crippen molar-refractivity contribution < 1.29 is 14.5 Å². The minimum absolute atomic E-state index is 0.00526. The lowest BCUT2D eigenvalue weighted by atomic mass is 10.2. The number of benzene rings is 2. The van der Waals surface area contributed by atoms with E-state index in [0.29, 0.717) is 26.3 Å². The van der Waals surface area contributed by atoms with E-state index in [1.54, 1.807) is 28.8 Å². The molecule has 0 fully saturated rings. The van der Waals surface area contributed by atoms with Crippen LogP contribution in [0.5, 0.6) is 5.75 Å². The van der Waals surface area contributed by atoms with Gasteiger partial charge in [-0.25, -0.2) is 4.52 Å². The Kier molecular flexibility index (Phi) is 5.53. The molecule has 12 heteroatoms. The van der Waals surface area contributed by atoms with Gasteiger partial charge in [0.15, 0.2) is 12.4 Å². The number of amides is 1. The Hall–Kier alpha value is -3.21. The molecular weight excluding hydrogens is 453 g/mol. The van der Waals surface area contributed by atoms with Crippen LogP contribution < -0.4 is 10.1 Å². The molecule has 0 saturated heterocycles. The van der Waals surface area contributed by atoms with Crippen LogP contribution in [-0.2, 0) is 4.79 Å². The maximum atomic E-state index is 12.2. The van der Waals surface area contributed by atoms with Gasteiger partial charge in [0, 0.05) is 22.0 Å². The number of hydrogen-bond donors (Lipinski definition) is 1. The van der Waals surface area contributed by atoms with Crippen LogP contribution in [0.3, 0.4) is 0 Å². The standard InChI is InChI=1S/C18H11Cl2N5O4S/c19-10-5-6-12(20)11(7-10)14-9-30-18-22-17(23-24(14)18)21-16(26)8-29-15-4-2-1-3-13(15)25(27)28/h1-7,9H,8H2,(H,21,23,26). The number of thiazole rings is 1. The first kappa shape index (κ1) is 20.1. The number of fused-ring (bicyclic) bond motifs is 1. The van der Waals surface area contributed by atoms with Crippen molar-refractivity contribution in [2.24, 2.45) is 0 Å². The molecule has 4 rings (SSSR count). The highest BCUT2D eigenvalue weighted by Gasteiger charge is 2.18. The summed E-state index contributed by atoms with van der Waals surface area (Å²) in [5.74, 6) is -0.500. The molecule has 0 aliphatic carbocycles. The van der Waals surface area contributed by atoms with Crippen molar-refractivity contribution in [3.8, 4) is 17.0 Å². The molecule has 0 aliphatic heterocycles. The molecule has 2 heterocycles. The predicted octanol–water partition coefficient (Wildman–Crippen LogP) is 4.69. The van der Waals surface area contributed by atoms with Gasteiger partial charge in [-0.15, -0.1) is 16.4 Å². The van der Waals surface area contributed by atoms with Crippen LogP contribution in [0.15, 0.2) is 47.8 Å². The van der Waals surface area contributed by atoms with Gasteiger partial charge < -0.3 is 4.74 Å². The molecule has 0 atom stereocenters. The Morgan fingerprint density at radius 3 is 2.87 bits per heavy atom. The number of nitro benzene ring substituents is 1. The molecule has 30 heavy (non-hydrogen) atoms. The van der Waals surface area contributed by atoms with Gasteiger partial charge in [0.1, 0.15) is 0 Å². The Morgan fingerprint density at radius 1 is 1.27 bits per heavy atom. The number of rotatable bonds is 6. The van der Waals surface area contributed by atoms with Crippen molar-refractivity contribution in [2.75, 3.05) is 11.9 Å². The molecule has 0 spiro atoms. The number of hydrogen-bond acceptors (Lipinski definition) is 7. The lowest BCUT2D eigenvalue weighted by molar-refractivity contribution is -0.385. The highest BCUT2D eigenvalue weighted by molar-refractivity contribution is 7.15. The smallest absolute Gasteiger partial charge is 0.310 e. The average Bonchev–Trinajstić information content (AvgIpc) is 3.28. The van der Waals surface area contributed by atoms with Crippen molar-refractivity contribution in [2.45, 2.75) is 0 Å². The highest BCUT2D eigenvalue weighted by atomic mass is 35.5. The van der Waals surface area contributed by atoms with Crippen LogP contribution in [0.4, 0.5) is 11.6 Å². The minimum Gasteiger partial charge on any atom is -0.477 e. The van der Waals surface area contributed by atoms with Gasteiger partial charge in [-0.1, -0.05) is 35.3 Å². The zero-order valence-corrected chi connectivity index (χ0v) is 17.2. The van der Waals surface area contributed by atoms with Crippen LogP contribution in [-0.4, -0.2) is 32.0 Å². The quantitative estimate of drug-likeness (QED) is 0.327. The topological polar surface area (TPSA) is 112 Å². The molecule has 0 radical (unpaired) electrons. The first-order valence-electron chi connectivity index (χ1n) is 8.38. The van der Waals surface area contributed by atoms with E-state index in [0.717, 1.165) is 0 Å². The SMILES string of the molecule is O=C(COc1ccccc1[N+](=O)[O-])Nc1nc2scc(-c3cc(Cl)ccc3Cl)n2n1. The van der Waals surface area contributed by atoms with Crippen molar-refractivity contribution in [3.63, 3.8) is 0 Å². The number of nitrogens with one attached hydrogen (secondary N) is 1.